The molecule has 0 fully saturated rings. The first-order chi connectivity index (χ1) is 8.65. The number of aryl methyl sites for hydroxylation is 2. The molecular formula is C13H18N4O. The normalized spacial score (nSPS) is 10.7. The molecule has 2 rings (SSSR count). The summed E-state index contributed by atoms with van der Waals surface area (Å²) in [5.74, 6) is 2.37. The molecule has 0 saturated carbocycles. The standard InChI is InChI=1S/C13H18N4O/c1-4-18-11-6-5-10(7-9(11)2)13-15-12(8-14)17(3)16-13/h5-7H,4,8,14H2,1-3H3. The van der Waals surface area contributed by atoms with Gasteiger partial charge in [-0.05, 0) is 37.6 Å². The van der Waals surface area contributed by atoms with Gasteiger partial charge in [0.1, 0.15) is 11.6 Å². The average Bonchev–Trinajstić information content (AvgIpc) is 2.73. The Morgan fingerprint density at radius 3 is 2.72 bits per heavy atom. The Hall–Kier alpha value is -1.88. The van der Waals surface area contributed by atoms with Gasteiger partial charge in [0.2, 0.25) is 0 Å². The zero-order chi connectivity index (χ0) is 13.1. The molecule has 0 aliphatic heterocycles. The molecule has 0 aliphatic rings. The van der Waals surface area contributed by atoms with Gasteiger partial charge in [-0.1, -0.05) is 0 Å². The van der Waals surface area contributed by atoms with Gasteiger partial charge >= 0.3 is 0 Å². The van der Waals surface area contributed by atoms with Gasteiger partial charge in [0, 0.05) is 12.6 Å². The Bertz CT molecular complexity index is 548. The molecule has 2 aromatic rings. The highest BCUT2D eigenvalue weighted by atomic mass is 16.5. The van der Waals surface area contributed by atoms with Crippen molar-refractivity contribution in [1.29, 1.82) is 0 Å². The molecule has 0 radical (unpaired) electrons. The average molecular weight is 246 g/mol. The van der Waals surface area contributed by atoms with E-state index in [1.54, 1.807) is 4.68 Å². The topological polar surface area (TPSA) is 66.0 Å². The van der Waals surface area contributed by atoms with Crippen LogP contribution in [0.1, 0.15) is 18.3 Å². The van der Waals surface area contributed by atoms with E-state index in [1.807, 2.05) is 39.1 Å². The first-order valence-corrected chi connectivity index (χ1v) is 5.99. The van der Waals surface area contributed by atoms with Gasteiger partial charge in [0.15, 0.2) is 5.82 Å². The van der Waals surface area contributed by atoms with E-state index in [9.17, 15) is 0 Å². The summed E-state index contributed by atoms with van der Waals surface area (Å²) in [5.41, 5.74) is 7.65. The van der Waals surface area contributed by atoms with Crippen molar-refractivity contribution in [3.63, 3.8) is 0 Å². The van der Waals surface area contributed by atoms with Crippen LogP contribution in [0, 0.1) is 6.92 Å². The zero-order valence-corrected chi connectivity index (χ0v) is 11.0. The fraction of sp³-hybridized carbons (Fsp3) is 0.385. The Morgan fingerprint density at radius 1 is 1.39 bits per heavy atom. The predicted molar refractivity (Wildman–Crippen MR) is 70.2 cm³/mol. The Balaban J connectivity index is 2.35. The molecule has 1 aromatic carbocycles. The Labute approximate surface area is 107 Å². The zero-order valence-electron chi connectivity index (χ0n) is 11.0. The van der Waals surface area contributed by atoms with E-state index in [2.05, 4.69) is 10.1 Å². The van der Waals surface area contributed by atoms with Gasteiger partial charge in [0.05, 0.1) is 13.2 Å². The smallest absolute Gasteiger partial charge is 0.181 e. The van der Waals surface area contributed by atoms with Crippen molar-refractivity contribution in [2.24, 2.45) is 12.8 Å². The molecule has 5 heteroatoms. The number of hydrogen-bond acceptors (Lipinski definition) is 4. The molecule has 0 atom stereocenters. The lowest BCUT2D eigenvalue weighted by Gasteiger charge is -2.07. The van der Waals surface area contributed by atoms with Crippen molar-refractivity contribution < 1.29 is 4.74 Å². The van der Waals surface area contributed by atoms with E-state index in [0.717, 1.165) is 22.7 Å². The van der Waals surface area contributed by atoms with Crippen molar-refractivity contribution in [2.45, 2.75) is 20.4 Å². The van der Waals surface area contributed by atoms with Crippen LogP contribution in [-0.4, -0.2) is 21.4 Å². The van der Waals surface area contributed by atoms with Crippen LogP contribution in [0.4, 0.5) is 0 Å². The molecule has 0 amide bonds. The second-order valence-electron chi connectivity index (χ2n) is 4.09. The van der Waals surface area contributed by atoms with Crippen LogP contribution in [0.2, 0.25) is 0 Å². The molecule has 18 heavy (non-hydrogen) atoms. The van der Waals surface area contributed by atoms with E-state index >= 15 is 0 Å². The third kappa shape index (κ3) is 2.36. The number of hydrogen-bond donors (Lipinski definition) is 1. The predicted octanol–water partition coefficient (Wildman–Crippen LogP) is 1.65. The molecule has 1 heterocycles. The Kier molecular flexibility index (Phi) is 3.62. The second-order valence-corrected chi connectivity index (χ2v) is 4.09. The maximum absolute atomic E-state index is 5.59. The third-order valence-corrected chi connectivity index (χ3v) is 2.77. The van der Waals surface area contributed by atoms with E-state index in [0.29, 0.717) is 19.0 Å². The molecule has 2 N–H and O–H groups in total. The van der Waals surface area contributed by atoms with Crippen LogP contribution in [0.25, 0.3) is 11.4 Å². The summed E-state index contributed by atoms with van der Waals surface area (Å²) >= 11 is 0. The molecule has 0 saturated heterocycles. The molecule has 1 aromatic heterocycles. The molecular weight excluding hydrogens is 228 g/mol. The molecule has 0 aliphatic carbocycles. The number of rotatable bonds is 4. The van der Waals surface area contributed by atoms with Gasteiger partial charge in [-0.3, -0.25) is 4.68 Å². The monoisotopic (exact) mass is 246 g/mol. The summed E-state index contributed by atoms with van der Waals surface area (Å²) in [6, 6.07) is 5.95. The minimum absolute atomic E-state index is 0.388. The number of nitrogens with zero attached hydrogens (tertiary/aromatic N) is 3. The van der Waals surface area contributed by atoms with Crippen LogP contribution in [-0.2, 0) is 13.6 Å². The maximum atomic E-state index is 5.59. The summed E-state index contributed by atoms with van der Waals surface area (Å²) in [6.45, 7) is 5.04. The lowest BCUT2D eigenvalue weighted by molar-refractivity contribution is 0.338. The van der Waals surface area contributed by atoms with Gasteiger partial charge < -0.3 is 10.5 Å². The van der Waals surface area contributed by atoms with Gasteiger partial charge in [0.25, 0.3) is 0 Å². The van der Waals surface area contributed by atoms with Gasteiger partial charge in [-0.2, -0.15) is 5.10 Å². The summed E-state index contributed by atoms with van der Waals surface area (Å²) in [6.07, 6.45) is 0. The molecule has 5 nitrogen and oxygen atoms in total. The molecule has 0 spiro atoms. The van der Waals surface area contributed by atoms with E-state index in [-0.39, 0.29) is 0 Å². The maximum Gasteiger partial charge on any atom is 0.181 e. The highest BCUT2D eigenvalue weighted by Crippen LogP contribution is 2.24. The first-order valence-electron chi connectivity index (χ1n) is 5.99. The van der Waals surface area contributed by atoms with Crippen molar-refractivity contribution in [2.75, 3.05) is 6.61 Å². The van der Waals surface area contributed by atoms with Crippen LogP contribution in [0.15, 0.2) is 18.2 Å². The van der Waals surface area contributed by atoms with E-state index < -0.39 is 0 Å². The van der Waals surface area contributed by atoms with Gasteiger partial charge in [-0.15, -0.1) is 0 Å². The summed E-state index contributed by atoms with van der Waals surface area (Å²) in [4.78, 5) is 4.40. The van der Waals surface area contributed by atoms with Crippen molar-refractivity contribution in [3.05, 3.63) is 29.6 Å². The van der Waals surface area contributed by atoms with Crippen molar-refractivity contribution in [3.8, 4) is 17.1 Å². The lowest BCUT2D eigenvalue weighted by atomic mass is 10.1. The minimum Gasteiger partial charge on any atom is -0.494 e. The first kappa shape index (κ1) is 12.6. The van der Waals surface area contributed by atoms with E-state index in [4.69, 9.17) is 10.5 Å². The van der Waals surface area contributed by atoms with Crippen LogP contribution >= 0.6 is 0 Å². The summed E-state index contributed by atoms with van der Waals surface area (Å²) in [5, 5.41) is 4.35. The highest BCUT2D eigenvalue weighted by Gasteiger charge is 2.09. The Morgan fingerprint density at radius 2 is 2.17 bits per heavy atom. The number of aromatic nitrogens is 3. The number of benzene rings is 1. The summed E-state index contributed by atoms with van der Waals surface area (Å²) < 4.78 is 7.22. The fourth-order valence-electron chi connectivity index (χ4n) is 1.82. The van der Waals surface area contributed by atoms with Gasteiger partial charge in [-0.25, -0.2) is 4.98 Å². The molecule has 0 unspecified atom stereocenters. The molecule has 96 valence electrons. The second kappa shape index (κ2) is 5.18. The fourth-order valence-corrected chi connectivity index (χ4v) is 1.82. The largest absolute Gasteiger partial charge is 0.494 e. The van der Waals surface area contributed by atoms with Crippen LogP contribution in [0.3, 0.4) is 0 Å². The highest BCUT2D eigenvalue weighted by molar-refractivity contribution is 5.58. The number of nitrogens with two attached hydrogens (primary N) is 1. The molecule has 0 bridgehead atoms. The lowest BCUT2D eigenvalue weighted by Crippen LogP contribution is -2.05. The summed E-state index contributed by atoms with van der Waals surface area (Å²) in [7, 11) is 1.85. The SMILES string of the molecule is CCOc1ccc(-c2nc(CN)n(C)n2)cc1C. The number of ether oxygens (including phenoxy) is 1. The van der Waals surface area contributed by atoms with Crippen LogP contribution < -0.4 is 10.5 Å². The quantitative estimate of drug-likeness (QED) is 0.890. The van der Waals surface area contributed by atoms with Crippen molar-refractivity contribution >= 4 is 0 Å². The minimum atomic E-state index is 0.388. The van der Waals surface area contributed by atoms with E-state index in [1.165, 1.54) is 0 Å². The van der Waals surface area contributed by atoms with Crippen LogP contribution in [0.5, 0.6) is 5.75 Å². The third-order valence-electron chi connectivity index (χ3n) is 2.77. The van der Waals surface area contributed by atoms with Crippen molar-refractivity contribution in [1.82, 2.24) is 14.8 Å².